The van der Waals surface area contributed by atoms with Crippen LogP contribution >= 0.6 is 11.3 Å². The number of benzene rings is 2. The number of rotatable bonds is 4. The topological polar surface area (TPSA) is 92.7 Å². The van der Waals surface area contributed by atoms with E-state index in [0.717, 1.165) is 16.9 Å². The highest BCUT2D eigenvalue weighted by atomic mass is 32.2. The van der Waals surface area contributed by atoms with Gasteiger partial charge in [-0.3, -0.25) is 4.79 Å². The Hall–Kier alpha value is -2.52. The van der Waals surface area contributed by atoms with E-state index in [2.05, 4.69) is 4.72 Å². The Morgan fingerprint density at radius 1 is 1.07 bits per heavy atom. The number of ketones is 1. The van der Waals surface area contributed by atoms with E-state index < -0.39 is 27.1 Å². The molecule has 8 heteroatoms. The van der Waals surface area contributed by atoms with Gasteiger partial charge in [-0.15, -0.1) is 11.3 Å². The molecule has 0 saturated carbocycles. The van der Waals surface area contributed by atoms with Gasteiger partial charge in [-0.1, -0.05) is 56.3 Å². The van der Waals surface area contributed by atoms with Gasteiger partial charge in [0, 0.05) is 16.7 Å². The van der Waals surface area contributed by atoms with E-state index in [0.29, 0.717) is 11.3 Å². The van der Waals surface area contributed by atoms with Crippen LogP contribution in [0.4, 0.5) is 0 Å². The van der Waals surface area contributed by atoms with Crippen molar-refractivity contribution in [2.75, 3.05) is 0 Å². The molecule has 0 fully saturated rings. The summed E-state index contributed by atoms with van der Waals surface area (Å²) in [5, 5.41) is 13.4. The van der Waals surface area contributed by atoms with E-state index in [1.807, 2.05) is 19.9 Å². The first-order valence-electron chi connectivity index (χ1n) is 9.48. The Morgan fingerprint density at radius 2 is 1.83 bits per heavy atom. The minimum atomic E-state index is -4.11. The zero-order chi connectivity index (χ0) is 21.3. The molecule has 6 nitrogen and oxygen atoms in total. The van der Waals surface area contributed by atoms with E-state index in [1.165, 1.54) is 6.07 Å². The molecule has 1 aromatic heterocycles. The highest BCUT2D eigenvalue weighted by Gasteiger charge is 2.72. The van der Waals surface area contributed by atoms with Crippen LogP contribution in [-0.2, 0) is 21.3 Å². The van der Waals surface area contributed by atoms with Crippen molar-refractivity contribution in [3.05, 3.63) is 82.2 Å². The van der Waals surface area contributed by atoms with Gasteiger partial charge in [-0.2, -0.15) is 4.72 Å². The summed E-state index contributed by atoms with van der Waals surface area (Å²) in [6.07, 6.45) is 0. The smallest absolute Gasteiger partial charge is 0.267 e. The lowest BCUT2D eigenvalue weighted by molar-refractivity contribution is -0.166. The average Bonchev–Trinajstić information content (AvgIpc) is 3.37. The summed E-state index contributed by atoms with van der Waals surface area (Å²) in [6, 6.07) is 14.8. The second kappa shape index (κ2) is 6.24. The summed E-state index contributed by atoms with van der Waals surface area (Å²) in [7, 11) is -4.11. The lowest BCUT2D eigenvalue weighted by Gasteiger charge is -2.33. The summed E-state index contributed by atoms with van der Waals surface area (Å²) in [5.74, 6) is -2.25. The minimum Gasteiger partial charge on any atom is -0.455 e. The lowest BCUT2D eigenvalue weighted by atomic mass is 9.83. The van der Waals surface area contributed by atoms with E-state index in [1.54, 1.807) is 47.8 Å². The van der Waals surface area contributed by atoms with Gasteiger partial charge >= 0.3 is 0 Å². The summed E-state index contributed by atoms with van der Waals surface area (Å²) < 4.78 is 35.0. The van der Waals surface area contributed by atoms with Crippen molar-refractivity contribution < 1.29 is 23.1 Å². The number of carbonyl (C=O) groups excluding carboxylic acids is 1. The van der Waals surface area contributed by atoms with Crippen LogP contribution in [0.1, 0.15) is 46.8 Å². The zero-order valence-corrected chi connectivity index (χ0v) is 17.9. The monoisotopic (exact) mass is 441 g/mol. The maximum absolute atomic E-state index is 13.7. The highest BCUT2D eigenvalue weighted by Crippen LogP contribution is 2.58. The largest absolute Gasteiger partial charge is 0.455 e. The molecule has 2 heterocycles. The van der Waals surface area contributed by atoms with Crippen molar-refractivity contribution in [1.82, 2.24) is 4.72 Å². The van der Waals surface area contributed by atoms with Crippen LogP contribution in [0.15, 0.2) is 64.2 Å². The van der Waals surface area contributed by atoms with E-state index in [9.17, 15) is 18.3 Å². The molecule has 0 spiro atoms. The number of hydrogen-bond donors (Lipinski definition) is 2. The van der Waals surface area contributed by atoms with Crippen molar-refractivity contribution >= 4 is 27.1 Å². The van der Waals surface area contributed by atoms with Crippen molar-refractivity contribution in [2.24, 2.45) is 0 Å². The molecule has 2 aromatic carbocycles. The number of nitrogens with one attached hydrogen (secondary N) is 1. The van der Waals surface area contributed by atoms with Crippen LogP contribution in [0, 0.1) is 0 Å². The number of hydrogen-bond acceptors (Lipinski definition) is 6. The molecule has 0 amide bonds. The highest BCUT2D eigenvalue weighted by molar-refractivity contribution is 7.91. The fourth-order valence-corrected chi connectivity index (χ4v) is 6.61. The third-order valence-corrected chi connectivity index (χ3v) is 8.62. The summed E-state index contributed by atoms with van der Waals surface area (Å²) in [4.78, 5) is 13.7. The van der Waals surface area contributed by atoms with Crippen LogP contribution < -0.4 is 9.46 Å². The van der Waals surface area contributed by atoms with Crippen LogP contribution in [0.3, 0.4) is 0 Å². The Labute approximate surface area is 178 Å². The Morgan fingerprint density at radius 3 is 2.53 bits per heavy atom. The van der Waals surface area contributed by atoms with E-state index in [4.69, 9.17) is 4.74 Å². The first-order valence-corrected chi connectivity index (χ1v) is 11.8. The maximum atomic E-state index is 13.7. The normalized spacial score (nSPS) is 24.5. The van der Waals surface area contributed by atoms with Gasteiger partial charge in [0.05, 0.1) is 0 Å². The predicted molar refractivity (Wildman–Crippen MR) is 112 cm³/mol. The molecule has 0 bridgehead atoms. The number of carbonyl (C=O) groups is 1. The first kappa shape index (κ1) is 19.4. The fourth-order valence-electron chi connectivity index (χ4n) is 4.26. The maximum Gasteiger partial charge on any atom is 0.267 e. The number of sulfonamides is 1. The SMILES string of the molecule is CC(C)c1ccc2c(c1)OC1(O)c3ccccc3C(=O)C21NS(=O)(=O)c1cccs1. The average molecular weight is 442 g/mol. The second-order valence-electron chi connectivity index (χ2n) is 7.82. The quantitative estimate of drug-likeness (QED) is 0.647. The van der Waals surface area contributed by atoms with Crippen LogP contribution in [-0.4, -0.2) is 19.3 Å². The zero-order valence-electron chi connectivity index (χ0n) is 16.2. The molecule has 3 aromatic rings. The first-order chi connectivity index (χ1) is 14.2. The molecule has 1 aliphatic carbocycles. The lowest BCUT2D eigenvalue weighted by Crippen LogP contribution is -2.59. The van der Waals surface area contributed by atoms with Gasteiger partial charge in [-0.25, -0.2) is 8.42 Å². The summed E-state index contributed by atoms with van der Waals surface area (Å²) in [6.45, 7) is 4.03. The van der Waals surface area contributed by atoms with Gasteiger partial charge < -0.3 is 9.84 Å². The van der Waals surface area contributed by atoms with Crippen LogP contribution in [0.5, 0.6) is 5.75 Å². The Balaban J connectivity index is 1.78. The Kier molecular flexibility index (Phi) is 4.05. The predicted octanol–water partition coefficient (Wildman–Crippen LogP) is 3.48. The molecule has 0 saturated heterocycles. The van der Waals surface area contributed by atoms with Gasteiger partial charge in [0.15, 0.2) is 11.3 Å². The number of fused-ring (bicyclic) bond motifs is 5. The molecule has 154 valence electrons. The second-order valence-corrected chi connectivity index (χ2v) is 10.7. The van der Waals surface area contributed by atoms with Crippen molar-refractivity contribution in [3.63, 3.8) is 0 Å². The van der Waals surface area contributed by atoms with Crippen molar-refractivity contribution in [3.8, 4) is 5.75 Å². The van der Waals surface area contributed by atoms with Gasteiger partial charge in [0.25, 0.3) is 15.8 Å². The third-order valence-electron chi connectivity index (χ3n) is 5.77. The molecular formula is C22H19NO5S2. The third kappa shape index (κ3) is 2.36. The van der Waals surface area contributed by atoms with Gasteiger partial charge in [0.2, 0.25) is 0 Å². The fraction of sp³-hybridized carbons (Fsp3) is 0.227. The molecule has 30 heavy (non-hydrogen) atoms. The Bertz CT molecular complexity index is 1280. The molecule has 2 aliphatic rings. The van der Waals surface area contributed by atoms with Crippen LogP contribution in [0.25, 0.3) is 0 Å². The van der Waals surface area contributed by atoms with Crippen molar-refractivity contribution in [2.45, 2.75) is 35.3 Å². The number of Topliss-reactive ketones (excluding diaryl/α,β-unsaturated/α-hetero) is 1. The molecule has 2 N–H and O–H groups in total. The van der Waals surface area contributed by atoms with Crippen LogP contribution in [0.2, 0.25) is 0 Å². The molecule has 2 unspecified atom stereocenters. The standard InChI is InChI=1S/C22H19NO5S2/c1-13(2)14-9-10-17-18(12-14)28-22(25)16-7-4-3-6-15(16)20(24)21(17,22)23-30(26,27)19-8-5-11-29-19/h3-13,23,25H,1-2H3. The van der Waals surface area contributed by atoms with Gasteiger partial charge in [-0.05, 0) is 29.0 Å². The molecular weight excluding hydrogens is 422 g/mol. The summed E-state index contributed by atoms with van der Waals surface area (Å²) in [5.41, 5.74) is -0.284. The number of thiophene rings is 1. The van der Waals surface area contributed by atoms with E-state index >= 15 is 0 Å². The van der Waals surface area contributed by atoms with E-state index in [-0.39, 0.29) is 21.3 Å². The molecule has 2 atom stereocenters. The van der Waals surface area contributed by atoms with Gasteiger partial charge in [0.1, 0.15) is 9.96 Å². The number of ether oxygens (including phenoxy) is 1. The van der Waals surface area contributed by atoms with Crippen molar-refractivity contribution in [1.29, 1.82) is 0 Å². The minimum absolute atomic E-state index is 0.0511. The molecule has 5 rings (SSSR count). The number of aliphatic hydroxyl groups is 1. The summed E-state index contributed by atoms with van der Waals surface area (Å²) >= 11 is 1.03. The molecule has 0 radical (unpaired) electrons. The molecule has 1 aliphatic heterocycles.